The normalized spacial score (nSPS) is 15.9. The first-order chi connectivity index (χ1) is 14.9. The summed E-state index contributed by atoms with van der Waals surface area (Å²) < 4.78 is 5.32. The van der Waals surface area contributed by atoms with Crippen LogP contribution >= 0.6 is 22.9 Å². The van der Waals surface area contributed by atoms with Crippen molar-refractivity contribution in [2.45, 2.75) is 20.3 Å². The van der Waals surface area contributed by atoms with Gasteiger partial charge in [-0.25, -0.2) is 4.98 Å². The van der Waals surface area contributed by atoms with E-state index in [-0.39, 0.29) is 18.2 Å². The van der Waals surface area contributed by atoms with Crippen LogP contribution in [0.25, 0.3) is 11.3 Å². The molecule has 1 fully saturated rings. The van der Waals surface area contributed by atoms with Crippen LogP contribution in [0.3, 0.4) is 0 Å². The van der Waals surface area contributed by atoms with Gasteiger partial charge in [0.25, 0.3) is 0 Å². The van der Waals surface area contributed by atoms with Gasteiger partial charge in [-0.3, -0.25) is 9.59 Å². The van der Waals surface area contributed by atoms with Crippen molar-refractivity contribution in [3.8, 4) is 17.0 Å². The predicted molar refractivity (Wildman–Crippen MR) is 124 cm³/mol. The lowest BCUT2D eigenvalue weighted by atomic mass is 10.1. The second-order valence-corrected chi connectivity index (χ2v) is 9.12. The summed E-state index contributed by atoms with van der Waals surface area (Å²) in [6.07, 6.45) is 0.170. The Morgan fingerprint density at radius 1 is 1.23 bits per heavy atom. The van der Waals surface area contributed by atoms with Gasteiger partial charge in [-0.15, -0.1) is 11.3 Å². The number of methoxy groups -OCH3 is 1. The molecule has 0 saturated carbocycles. The fourth-order valence-corrected chi connectivity index (χ4v) is 4.67. The molecule has 6 nitrogen and oxygen atoms in total. The van der Waals surface area contributed by atoms with E-state index in [0.717, 1.165) is 33.1 Å². The van der Waals surface area contributed by atoms with Crippen molar-refractivity contribution >= 4 is 45.6 Å². The lowest BCUT2D eigenvalue weighted by molar-refractivity contribution is -0.122. The minimum absolute atomic E-state index is 0.0767. The van der Waals surface area contributed by atoms with Crippen LogP contribution in [0.1, 0.15) is 16.9 Å². The molecule has 0 spiro atoms. The largest absolute Gasteiger partial charge is 0.496 e. The molecule has 1 unspecified atom stereocenters. The van der Waals surface area contributed by atoms with Crippen LogP contribution in [0.2, 0.25) is 5.02 Å². The van der Waals surface area contributed by atoms with Crippen LogP contribution in [-0.2, 0) is 9.59 Å². The van der Waals surface area contributed by atoms with E-state index in [9.17, 15) is 9.59 Å². The van der Waals surface area contributed by atoms with Crippen molar-refractivity contribution in [2.75, 3.05) is 23.9 Å². The molecular weight excluding hydrogens is 434 g/mol. The molecule has 1 aromatic heterocycles. The van der Waals surface area contributed by atoms with Gasteiger partial charge in [0.05, 0.1) is 18.7 Å². The van der Waals surface area contributed by atoms with Crippen molar-refractivity contribution in [2.24, 2.45) is 5.92 Å². The Labute approximate surface area is 189 Å². The van der Waals surface area contributed by atoms with Crippen LogP contribution in [0.5, 0.6) is 5.75 Å². The third-order valence-electron chi connectivity index (χ3n) is 5.33. The number of carbonyl (C=O) groups excluding carboxylic acids is 2. The monoisotopic (exact) mass is 455 g/mol. The first-order valence-electron chi connectivity index (χ1n) is 9.85. The van der Waals surface area contributed by atoms with E-state index in [1.165, 1.54) is 11.3 Å². The first kappa shape index (κ1) is 21.3. The minimum Gasteiger partial charge on any atom is -0.496 e. The van der Waals surface area contributed by atoms with Gasteiger partial charge >= 0.3 is 0 Å². The van der Waals surface area contributed by atoms with Crippen molar-refractivity contribution in [1.29, 1.82) is 0 Å². The summed E-state index contributed by atoms with van der Waals surface area (Å²) in [6, 6.07) is 12.9. The zero-order chi connectivity index (χ0) is 22.1. The van der Waals surface area contributed by atoms with Crippen molar-refractivity contribution in [3.05, 3.63) is 57.9 Å². The summed E-state index contributed by atoms with van der Waals surface area (Å²) in [7, 11) is 1.64. The van der Waals surface area contributed by atoms with Crippen LogP contribution in [0.15, 0.2) is 42.5 Å². The van der Waals surface area contributed by atoms with E-state index in [1.807, 2.05) is 32.0 Å². The number of aryl methyl sites for hydroxylation is 2. The Hall–Kier alpha value is -2.90. The molecule has 0 aliphatic carbocycles. The molecule has 8 heteroatoms. The summed E-state index contributed by atoms with van der Waals surface area (Å²) in [4.78, 5) is 32.5. The van der Waals surface area contributed by atoms with E-state index in [0.29, 0.717) is 16.7 Å². The van der Waals surface area contributed by atoms with Crippen molar-refractivity contribution < 1.29 is 14.3 Å². The zero-order valence-corrected chi connectivity index (χ0v) is 19.0. The third-order valence-corrected chi connectivity index (χ3v) is 6.47. The third kappa shape index (κ3) is 4.43. The van der Waals surface area contributed by atoms with Gasteiger partial charge < -0.3 is 15.0 Å². The molecule has 1 N–H and O–H groups in total. The number of ether oxygens (including phenoxy) is 1. The average Bonchev–Trinajstić information content (AvgIpc) is 3.31. The molecule has 0 bridgehead atoms. The van der Waals surface area contributed by atoms with Gasteiger partial charge in [0, 0.05) is 34.1 Å². The van der Waals surface area contributed by atoms with Gasteiger partial charge in [-0.05, 0) is 61.9 Å². The highest BCUT2D eigenvalue weighted by atomic mass is 35.5. The molecule has 1 atom stereocenters. The van der Waals surface area contributed by atoms with Gasteiger partial charge in [-0.1, -0.05) is 11.6 Å². The van der Waals surface area contributed by atoms with Crippen LogP contribution < -0.4 is 15.0 Å². The average molecular weight is 456 g/mol. The maximum absolute atomic E-state index is 12.8. The maximum atomic E-state index is 12.8. The molecule has 31 heavy (non-hydrogen) atoms. The number of hydrogen-bond acceptors (Lipinski definition) is 5. The number of anilines is 2. The Kier molecular flexibility index (Phi) is 5.98. The molecule has 3 aromatic rings. The Morgan fingerprint density at radius 3 is 2.65 bits per heavy atom. The summed E-state index contributed by atoms with van der Waals surface area (Å²) >= 11 is 7.35. The number of hydrogen-bond donors (Lipinski definition) is 1. The Morgan fingerprint density at radius 2 is 1.97 bits per heavy atom. The van der Waals surface area contributed by atoms with Gasteiger partial charge in [0.15, 0.2) is 5.13 Å². The van der Waals surface area contributed by atoms with Crippen LogP contribution in [-0.4, -0.2) is 30.5 Å². The number of rotatable bonds is 5. The van der Waals surface area contributed by atoms with Crippen molar-refractivity contribution in [3.63, 3.8) is 0 Å². The smallest absolute Gasteiger partial charge is 0.231 e. The standard InChI is InChI=1S/C23H22ClN3O3S/c1-13-10-15(4-9-19(13)30-3)21-14(2)31-23(25-21)26-22(29)16-11-20(28)27(12-16)18-7-5-17(24)6-8-18/h4-10,16H,11-12H2,1-3H3,(H,25,26,29). The number of aromatic nitrogens is 1. The second-order valence-electron chi connectivity index (χ2n) is 7.48. The van der Waals surface area contributed by atoms with E-state index in [4.69, 9.17) is 16.3 Å². The molecule has 2 heterocycles. The van der Waals surface area contributed by atoms with E-state index in [2.05, 4.69) is 10.3 Å². The van der Waals surface area contributed by atoms with Crippen LogP contribution in [0, 0.1) is 19.8 Å². The molecule has 4 rings (SSSR count). The molecule has 1 saturated heterocycles. The highest BCUT2D eigenvalue weighted by molar-refractivity contribution is 7.16. The molecule has 1 aliphatic heterocycles. The van der Waals surface area contributed by atoms with Gasteiger partial charge in [-0.2, -0.15) is 0 Å². The number of nitrogens with one attached hydrogen (secondary N) is 1. The molecular formula is C23H22ClN3O3S. The lowest BCUT2D eigenvalue weighted by Gasteiger charge is -2.16. The summed E-state index contributed by atoms with van der Waals surface area (Å²) in [5, 5.41) is 4.03. The maximum Gasteiger partial charge on any atom is 0.231 e. The zero-order valence-electron chi connectivity index (χ0n) is 17.4. The first-order valence-corrected chi connectivity index (χ1v) is 11.0. The van der Waals surface area contributed by atoms with Crippen molar-refractivity contribution in [1.82, 2.24) is 4.98 Å². The highest BCUT2D eigenvalue weighted by Crippen LogP contribution is 2.33. The van der Waals surface area contributed by atoms with E-state index >= 15 is 0 Å². The quantitative estimate of drug-likeness (QED) is 0.582. The number of nitrogens with zero attached hydrogens (tertiary/aromatic N) is 2. The minimum atomic E-state index is -0.431. The number of halogens is 1. The number of amides is 2. The molecule has 0 radical (unpaired) electrons. The fourth-order valence-electron chi connectivity index (χ4n) is 3.70. The van der Waals surface area contributed by atoms with Crippen LogP contribution in [0.4, 0.5) is 10.8 Å². The number of thiazole rings is 1. The summed E-state index contributed by atoms with van der Waals surface area (Å²) in [5.74, 6) is 0.114. The van der Waals surface area contributed by atoms with E-state index < -0.39 is 5.92 Å². The SMILES string of the molecule is COc1ccc(-c2nc(NC(=O)C3CC(=O)N(c4ccc(Cl)cc4)C3)sc2C)cc1C. The second kappa shape index (κ2) is 8.69. The molecule has 2 amide bonds. The molecule has 1 aliphatic rings. The van der Waals surface area contributed by atoms with E-state index in [1.54, 1.807) is 36.3 Å². The fraction of sp³-hybridized carbons (Fsp3) is 0.261. The summed E-state index contributed by atoms with van der Waals surface area (Å²) in [5.41, 5.74) is 3.56. The summed E-state index contributed by atoms with van der Waals surface area (Å²) in [6.45, 7) is 4.29. The number of benzene rings is 2. The lowest BCUT2D eigenvalue weighted by Crippen LogP contribution is -2.28. The van der Waals surface area contributed by atoms with Gasteiger partial charge in [0.1, 0.15) is 5.75 Å². The van der Waals surface area contributed by atoms with Gasteiger partial charge in [0.2, 0.25) is 11.8 Å². The predicted octanol–water partition coefficient (Wildman–Crippen LogP) is 5.08. The Balaban J connectivity index is 1.47. The highest BCUT2D eigenvalue weighted by Gasteiger charge is 2.35. The Bertz CT molecular complexity index is 1140. The molecule has 160 valence electrons. The topological polar surface area (TPSA) is 71.5 Å². The molecule has 2 aromatic carbocycles. The number of carbonyl (C=O) groups is 2.